The average molecular weight is 294 g/mol. The Labute approximate surface area is 132 Å². The van der Waals surface area contributed by atoms with Crippen LogP contribution in [0.4, 0.5) is 4.79 Å². The van der Waals surface area contributed by atoms with Crippen molar-refractivity contribution < 1.29 is 4.79 Å². The number of benzene rings is 2. The van der Waals surface area contributed by atoms with Crippen LogP contribution in [0.5, 0.6) is 0 Å². The highest BCUT2D eigenvalue weighted by Crippen LogP contribution is 2.05. The van der Waals surface area contributed by atoms with Gasteiger partial charge in [-0.05, 0) is 37.0 Å². The summed E-state index contributed by atoms with van der Waals surface area (Å²) in [5, 5.41) is 5.57. The Bertz CT molecular complexity index is 620. The van der Waals surface area contributed by atoms with Gasteiger partial charge in [-0.15, -0.1) is 0 Å². The first kappa shape index (κ1) is 15.8. The summed E-state index contributed by atoms with van der Waals surface area (Å²) in [6.45, 7) is 2.71. The van der Waals surface area contributed by atoms with E-state index in [1.165, 1.54) is 11.1 Å². The molecule has 0 aliphatic rings. The lowest BCUT2D eigenvalue weighted by Gasteiger charge is -2.05. The zero-order valence-corrected chi connectivity index (χ0v) is 12.9. The SMILES string of the molecule is Cc1cccc(/C=C/NC(=O)NCCCc2ccccc2)c1. The number of amides is 2. The molecule has 0 aromatic heterocycles. The summed E-state index contributed by atoms with van der Waals surface area (Å²) in [6, 6.07) is 18.2. The number of rotatable bonds is 6. The van der Waals surface area contributed by atoms with Crippen LogP contribution in [0.1, 0.15) is 23.1 Å². The molecule has 0 spiro atoms. The maximum absolute atomic E-state index is 11.6. The van der Waals surface area contributed by atoms with Gasteiger partial charge in [-0.25, -0.2) is 4.79 Å². The number of nitrogens with one attached hydrogen (secondary N) is 2. The van der Waals surface area contributed by atoms with E-state index >= 15 is 0 Å². The molecule has 22 heavy (non-hydrogen) atoms. The molecule has 0 atom stereocenters. The van der Waals surface area contributed by atoms with Gasteiger partial charge in [-0.1, -0.05) is 60.2 Å². The van der Waals surface area contributed by atoms with Crippen molar-refractivity contribution in [3.05, 3.63) is 77.5 Å². The van der Waals surface area contributed by atoms with E-state index in [1.807, 2.05) is 49.4 Å². The second kappa shape index (κ2) is 8.67. The normalized spacial score (nSPS) is 10.6. The number of carbonyl (C=O) groups is 1. The second-order valence-electron chi connectivity index (χ2n) is 5.24. The van der Waals surface area contributed by atoms with E-state index in [-0.39, 0.29) is 6.03 Å². The third-order valence-electron chi connectivity index (χ3n) is 3.30. The van der Waals surface area contributed by atoms with Crippen LogP contribution < -0.4 is 10.6 Å². The summed E-state index contributed by atoms with van der Waals surface area (Å²) in [7, 11) is 0. The molecule has 3 nitrogen and oxygen atoms in total. The van der Waals surface area contributed by atoms with E-state index in [4.69, 9.17) is 0 Å². The molecule has 0 heterocycles. The number of hydrogen-bond acceptors (Lipinski definition) is 1. The van der Waals surface area contributed by atoms with Crippen LogP contribution in [0.2, 0.25) is 0 Å². The summed E-state index contributed by atoms with van der Waals surface area (Å²) < 4.78 is 0. The van der Waals surface area contributed by atoms with Crippen LogP contribution in [0.15, 0.2) is 60.8 Å². The molecular weight excluding hydrogens is 272 g/mol. The van der Waals surface area contributed by atoms with Gasteiger partial charge in [0.25, 0.3) is 0 Å². The van der Waals surface area contributed by atoms with Crippen LogP contribution in [0, 0.1) is 6.92 Å². The number of carbonyl (C=O) groups excluding carboxylic acids is 1. The molecule has 0 saturated carbocycles. The molecule has 2 aromatic rings. The van der Waals surface area contributed by atoms with Gasteiger partial charge in [0.05, 0.1) is 0 Å². The fraction of sp³-hybridized carbons (Fsp3) is 0.211. The van der Waals surface area contributed by atoms with Gasteiger partial charge in [-0.3, -0.25) is 0 Å². The fourth-order valence-corrected chi connectivity index (χ4v) is 2.18. The molecule has 0 aliphatic heterocycles. The van der Waals surface area contributed by atoms with Gasteiger partial charge in [0.2, 0.25) is 0 Å². The highest BCUT2D eigenvalue weighted by molar-refractivity contribution is 5.75. The van der Waals surface area contributed by atoms with Gasteiger partial charge < -0.3 is 10.6 Å². The third kappa shape index (κ3) is 5.83. The Kier molecular flexibility index (Phi) is 6.24. The highest BCUT2D eigenvalue weighted by atomic mass is 16.2. The molecule has 114 valence electrons. The van der Waals surface area contributed by atoms with Crippen molar-refractivity contribution in [1.82, 2.24) is 10.6 Å². The first-order valence-electron chi connectivity index (χ1n) is 7.55. The summed E-state index contributed by atoms with van der Waals surface area (Å²) in [5.41, 5.74) is 3.57. The third-order valence-corrected chi connectivity index (χ3v) is 3.30. The minimum absolute atomic E-state index is 0.169. The number of urea groups is 1. The highest BCUT2D eigenvalue weighted by Gasteiger charge is 1.97. The standard InChI is InChI=1S/C19H22N2O/c1-16-7-5-10-18(15-16)12-14-21-19(22)20-13-6-11-17-8-3-2-4-9-17/h2-5,7-10,12,14-15H,6,11,13H2,1H3,(H2,20,21,22)/b14-12+. The monoisotopic (exact) mass is 294 g/mol. The Morgan fingerprint density at radius 1 is 1.09 bits per heavy atom. The molecule has 0 aliphatic carbocycles. The van der Waals surface area contributed by atoms with E-state index in [0.717, 1.165) is 18.4 Å². The second-order valence-corrected chi connectivity index (χ2v) is 5.24. The topological polar surface area (TPSA) is 41.1 Å². The first-order chi connectivity index (χ1) is 10.7. The van der Waals surface area contributed by atoms with Crippen molar-refractivity contribution >= 4 is 12.1 Å². The molecule has 3 heteroatoms. The van der Waals surface area contributed by atoms with E-state index in [9.17, 15) is 4.79 Å². The lowest BCUT2D eigenvalue weighted by molar-refractivity contribution is 0.244. The summed E-state index contributed by atoms with van der Waals surface area (Å²) in [5.74, 6) is 0. The molecular formula is C19H22N2O. The van der Waals surface area contributed by atoms with Crippen molar-refractivity contribution in [2.45, 2.75) is 19.8 Å². The fourth-order valence-electron chi connectivity index (χ4n) is 2.18. The molecule has 2 rings (SSSR count). The Morgan fingerprint density at radius 2 is 1.91 bits per heavy atom. The quantitative estimate of drug-likeness (QED) is 0.780. The molecule has 0 unspecified atom stereocenters. The minimum Gasteiger partial charge on any atom is -0.338 e. The first-order valence-corrected chi connectivity index (χ1v) is 7.55. The molecule has 0 bridgehead atoms. The van der Waals surface area contributed by atoms with E-state index in [2.05, 4.69) is 28.8 Å². The van der Waals surface area contributed by atoms with Crippen LogP contribution >= 0.6 is 0 Å². The molecule has 0 radical (unpaired) electrons. The smallest absolute Gasteiger partial charge is 0.318 e. The minimum atomic E-state index is -0.169. The Hall–Kier alpha value is -2.55. The molecule has 2 N–H and O–H groups in total. The summed E-state index contributed by atoms with van der Waals surface area (Å²) >= 11 is 0. The van der Waals surface area contributed by atoms with Crippen molar-refractivity contribution in [1.29, 1.82) is 0 Å². The van der Waals surface area contributed by atoms with Crippen molar-refractivity contribution in [3.8, 4) is 0 Å². The lowest BCUT2D eigenvalue weighted by Crippen LogP contribution is -2.32. The zero-order valence-electron chi connectivity index (χ0n) is 12.9. The summed E-state index contributed by atoms with van der Waals surface area (Å²) in [6.07, 6.45) is 5.46. The van der Waals surface area contributed by atoms with Gasteiger partial charge in [0.1, 0.15) is 0 Å². The maximum atomic E-state index is 11.6. The molecule has 2 amide bonds. The zero-order chi connectivity index (χ0) is 15.6. The van der Waals surface area contributed by atoms with Crippen LogP contribution in [0.25, 0.3) is 6.08 Å². The molecule has 0 saturated heterocycles. The summed E-state index contributed by atoms with van der Waals surface area (Å²) in [4.78, 5) is 11.6. The average Bonchev–Trinajstić information content (AvgIpc) is 2.53. The largest absolute Gasteiger partial charge is 0.338 e. The maximum Gasteiger partial charge on any atom is 0.318 e. The van der Waals surface area contributed by atoms with Gasteiger partial charge in [0, 0.05) is 12.7 Å². The van der Waals surface area contributed by atoms with Crippen LogP contribution in [-0.2, 0) is 6.42 Å². The van der Waals surface area contributed by atoms with Crippen LogP contribution in [0.3, 0.4) is 0 Å². The van der Waals surface area contributed by atoms with Crippen molar-refractivity contribution in [2.75, 3.05) is 6.54 Å². The Morgan fingerprint density at radius 3 is 2.68 bits per heavy atom. The molecule has 2 aromatic carbocycles. The van der Waals surface area contributed by atoms with E-state index in [0.29, 0.717) is 6.54 Å². The van der Waals surface area contributed by atoms with Gasteiger partial charge in [-0.2, -0.15) is 0 Å². The van der Waals surface area contributed by atoms with E-state index < -0.39 is 0 Å². The number of aryl methyl sites for hydroxylation is 2. The van der Waals surface area contributed by atoms with Crippen LogP contribution in [-0.4, -0.2) is 12.6 Å². The van der Waals surface area contributed by atoms with Crippen molar-refractivity contribution in [3.63, 3.8) is 0 Å². The van der Waals surface area contributed by atoms with Gasteiger partial charge in [0.15, 0.2) is 0 Å². The predicted octanol–water partition coefficient (Wildman–Crippen LogP) is 3.90. The lowest BCUT2D eigenvalue weighted by atomic mass is 10.1. The van der Waals surface area contributed by atoms with E-state index in [1.54, 1.807) is 6.20 Å². The Balaban J connectivity index is 1.64. The predicted molar refractivity (Wildman–Crippen MR) is 91.5 cm³/mol. The molecule has 0 fully saturated rings. The number of hydrogen-bond donors (Lipinski definition) is 2. The van der Waals surface area contributed by atoms with Gasteiger partial charge >= 0.3 is 6.03 Å². The van der Waals surface area contributed by atoms with Crippen molar-refractivity contribution in [2.24, 2.45) is 0 Å².